The lowest BCUT2D eigenvalue weighted by atomic mass is 10.2. The second-order valence-corrected chi connectivity index (χ2v) is 3.74. The molecule has 0 aliphatic rings. The summed E-state index contributed by atoms with van der Waals surface area (Å²) in [4.78, 5) is 0. The first kappa shape index (κ1) is 13.7. The number of rotatable bonds is 9. The molecular formula is C14H21NO2. The molecule has 0 unspecified atom stereocenters. The summed E-state index contributed by atoms with van der Waals surface area (Å²) in [5.74, 6) is 0.858. The molecule has 0 bridgehead atoms. The quantitative estimate of drug-likeness (QED) is 0.528. The van der Waals surface area contributed by atoms with E-state index in [1.807, 2.05) is 30.3 Å². The molecule has 1 aromatic carbocycles. The van der Waals surface area contributed by atoms with Gasteiger partial charge in [-0.2, -0.15) is 0 Å². The Bertz CT molecular complexity index is 309. The van der Waals surface area contributed by atoms with E-state index in [1.54, 1.807) is 0 Å². The van der Waals surface area contributed by atoms with Crippen LogP contribution in [0.4, 0.5) is 0 Å². The normalized spacial score (nSPS) is 10.2. The topological polar surface area (TPSA) is 44.5 Å². The smallest absolute Gasteiger partial charge is 0.119 e. The SMILES string of the molecule is C=CCCCOCCOc1ccc(CN)cc1. The van der Waals surface area contributed by atoms with Crippen LogP contribution in [0.25, 0.3) is 0 Å². The van der Waals surface area contributed by atoms with Crippen LogP contribution in [-0.2, 0) is 11.3 Å². The first-order valence-electron chi connectivity index (χ1n) is 5.97. The lowest BCUT2D eigenvalue weighted by molar-refractivity contribution is 0.0988. The van der Waals surface area contributed by atoms with Crippen LogP contribution in [0, 0.1) is 0 Å². The van der Waals surface area contributed by atoms with Crippen LogP contribution in [0.5, 0.6) is 5.75 Å². The molecule has 0 spiro atoms. The van der Waals surface area contributed by atoms with Crippen molar-refractivity contribution in [3.63, 3.8) is 0 Å². The second-order valence-electron chi connectivity index (χ2n) is 3.74. The minimum Gasteiger partial charge on any atom is -0.491 e. The predicted octanol–water partition coefficient (Wildman–Crippen LogP) is 2.51. The Kier molecular flexibility index (Phi) is 7.11. The molecule has 0 radical (unpaired) electrons. The highest BCUT2D eigenvalue weighted by atomic mass is 16.5. The van der Waals surface area contributed by atoms with Gasteiger partial charge < -0.3 is 15.2 Å². The fourth-order valence-electron chi connectivity index (χ4n) is 1.37. The van der Waals surface area contributed by atoms with Gasteiger partial charge in [0.1, 0.15) is 12.4 Å². The first-order valence-corrected chi connectivity index (χ1v) is 5.97. The van der Waals surface area contributed by atoms with E-state index in [9.17, 15) is 0 Å². The third-order valence-corrected chi connectivity index (χ3v) is 2.35. The number of unbranched alkanes of at least 4 members (excludes halogenated alkanes) is 1. The van der Waals surface area contributed by atoms with Gasteiger partial charge in [-0.25, -0.2) is 0 Å². The average Bonchev–Trinajstić information content (AvgIpc) is 2.38. The second kappa shape index (κ2) is 8.79. The highest BCUT2D eigenvalue weighted by Gasteiger charge is 1.94. The standard InChI is InChI=1S/C14H21NO2/c1-2-3-4-9-16-10-11-17-14-7-5-13(12-15)6-8-14/h2,5-8H,1,3-4,9-12,15H2. The molecular weight excluding hydrogens is 214 g/mol. The lowest BCUT2D eigenvalue weighted by Crippen LogP contribution is -2.07. The van der Waals surface area contributed by atoms with E-state index in [2.05, 4.69) is 6.58 Å². The number of allylic oxidation sites excluding steroid dienone is 1. The van der Waals surface area contributed by atoms with Crippen molar-refractivity contribution in [1.82, 2.24) is 0 Å². The van der Waals surface area contributed by atoms with E-state index in [-0.39, 0.29) is 0 Å². The number of benzene rings is 1. The maximum absolute atomic E-state index is 5.53. The first-order chi connectivity index (χ1) is 8.36. The van der Waals surface area contributed by atoms with Crippen LogP contribution >= 0.6 is 0 Å². The fraction of sp³-hybridized carbons (Fsp3) is 0.429. The van der Waals surface area contributed by atoms with Crippen LogP contribution < -0.4 is 10.5 Å². The number of nitrogens with two attached hydrogens (primary N) is 1. The summed E-state index contributed by atoms with van der Waals surface area (Å²) in [6.07, 6.45) is 3.93. The summed E-state index contributed by atoms with van der Waals surface area (Å²) in [6.45, 7) is 6.19. The Balaban J connectivity index is 2.07. The van der Waals surface area contributed by atoms with E-state index < -0.39 is 0 Å². The summed E-state index contributed by atoms with van der Waals surface area (Å²) >= 11 is 0. The molecule has 3 heteroatoms. The van der Waals surface area contributed by atoms with Gasteiger partial charge in [0.2, 0.25) is 0 Å². The summed E-state index contributed by atoms with van der Waals surface area (Å²) in [5, 5.41) is 0. The third kappa shape index (κ3) is 6.09. The predicted molar refractivity (Wildman–Crippen MR) is 70.1 cm³/mol. The van der Waals surface area contributed by atoms with Crippen LogP contribution in [-0.4, -0.2) is 19.8 Å². The molecule has 0 atom stereocenters. The number of ether oxygens (including phenoxy) is 2. The highest BCUT2D eigenvalue weighted by Crippen LogP contribution is 2.11. The summed E-state index contributed by atoms with van der Waals surface area (Å²) in [7, 11) is 0. The Morgan fingerprint density at radius 1 is 1.12 bits per heavy atom. The number of hydrogen-bond donors (Lipinski definition) is 1. The highest BCUT2D eigenvalue weighted by molar-refractivity contribution is 5.26. The largest absolute Gasteiger partial charge is 0.491 e. The molecule has 0 aromatic heterocycles. The van der Waals surface area contributed by atoms with Gasteiger partial charge in [0.25, 0.3) is 0 Å². The number of hydrogen-bond acceptors (Lipinski definition) is 3. The molecule has 3 nitrogen and oxygen atoms in total. The van der Waals surface area contributed by atoms with Crippen molar-refractivity contribution in [3.05, 3.63) is 42.5 Å². The van der Waals surface area contributed by atoms with E-state index in [0.29, 0.717) is 19.8 Å². The van der Waals surface area contributed by atoms with Gasteiger partial charge in [-0.3, -0.25) is 0 Å². The lowest BCUT2D eigenvalue weighted by Gasteiger charge is -2.07. The van der Waals surface area contributed by atoms with Gasteiger partial charge in [-0.15, -0.1) is 6.58 Å². The zero-order chi connectivity index (χ0) is 12.3. The molecule has 2 N–H and O–H groups in total. The third-order valence-electron chi connectivity index (χ3n) is 2.35. The van der Waals surface area contributed by atoms with Crippen LogP contribution in [0.3, 0.4) is 0 Å². The van der Waals surface area contributed by atoms with Crippen LogP contribution in [0.1, 0.15) is 18.4 Å². The zero-order valence-corrected chi connectivity index (χ0v) is 10.2. The Morgan fingerprint density at radius 2 is 1.88 bits per heavy atom. The van der Waals surface area contributed by atoms with Gasteiger partial charge in [-0.05, 0) is 30.5 Å². The maximum Gasteiger partial charge on any atom is 0.119 e. The van der Waals surface area contributed by atoms with Gasteiger partial charge in [0, 0.05) is 13.2 Å². The van der Waals surface area contributed by atoms with Gasteiger partial charge in [0.15, 0.2) is 0 Å². The molecule has 0 fully saturated rings. The molecule has 94 valence electrons. The fourth-order valence-corrected chi connectivity index (χ4v) is 1.37. The van der Waals surface area contributed by atoms with E-state index >= 15 is 0 Å². The monoisotopic (exact) mass is 235 g/mol. The zero-order valence-electron chi connectivity index (χ0n) is 10.2. The van der Waals surface area contributed by atoms with Gasteiger partial charge >= 0.3 is 0 Å². The Morgan fingerprint density at radius 3 is 2.53 bits per heavy atom. The van der Waals surface area contributed by atoms with E-state index in [0.717, 1.165) is 30.8 Å². The van der Waals surface area contributed by atoms with Crippen LogP contribution in [0.2, 0.25) is 0 Å². The van der Waals surface area contributed by atoms with Gasteiger partial charge in [0.05, 0.1) is 6.61 Å². The van der Waals surface area contributed by atoms with Crippen molar-refractivity contribution in [2.24, 2.45) is 5.73 Å². The van der Waals surface area contributed by atoms with Crippen molar-refractivity contribution in [3.8, 4) is 5.75 Å². The van der Waals surface area contributed by atoms with E-state index in [1.165, 1.54) is 0 Å². The molecule has 0 saturated carbocycles. The summed E-state index contributed by atoms with van der Waals surface area (Å²) < 4.78 is 10.9. The molecule has 1 rings (SSSR count). The summed E-state index contributed by atoms with van der Waals surface area (Å²) in [5.41, 5.74) is 6.62. The van der Waals surface area contributed by atoms with Crippen molar-refractivity contribution in [1.29, 1.82) is 0 Å². The molecule has 0 aliphatic carbocycles. The molecule has 1 aromatic rings. The molecule has 0 saturated heterocycles. The molecule has 0 aliphatic heterocycles. The van der Waals surface area contributed by atoms with Crippen LogP contribution in [0.15, 0.2) is 36.9 Å². The minimum atomic E-state index is 0.562. The van der Waals surface area contributed by atoms with E-state index in [4.69, 9.17) is 15.2 Å². The summed E-state index contributed by atoms with van der Waals surface area (Å²) in [6, 6.07) is 7.81. The maximum atomic E-state index is 5.53. The molecule has 0 amide bonds. The minimum absolute atomic E-state index is 0.562. The molecule has 0 heterocycles. The van der Waals surface area contributed by atoms with Gasteiger partial charge in [-0.1, -0.05) is 18.2 Å². The Labute approximate surface area is 103 Å². The van der Waals surface area contributed by atoms with Crippen molar-refractivity contribution < 1.29 is 9.47 Å². The average molecular weight is 235 g/mol. The Hall–Kier alpha value is -1.32. The van der Waals surface area contributed by atoms with Crippen molar-refractivity contribution in [2.75, 3.05) is 19.8 Å². The van der Waals surface area contributed by atoms with Crippen molar-refractivity contribution in [2.45, 2.75) is 19.4 Å². The van der Waals surface area contributed by atoms with Crippen molar-refractivity contribution >= 4 is 0 Å². The molecule has 17 heavy (non-hydrogen) atoms.